The summed E-state index contributed by atoms with van der Waals surface area (Å²) in [6.07, 6.45) is -0.540. The predicted octanol–water partition coefficient (Wildman–Crippen LogP) is 6.00. The molecule has 0 radical (unpaired) electrons. The van der Waals surface area contributed by atoms with Crippen LogP contribution in [-0.2, 0) is 23.7 Å². The van der Waals surface area contributed by atoms with Crippen LogP contribution in [0.15, 0.2) is 76.4 Å². The average molecular weight is 465 g/mol. The zero-order chi connectivity index (χ0) is 22.6. The van der Waals surface area contributed by atoms with Crippen molar-refractivity contribution in [1.82, 2.24) is 10.2 Å². The SMILES string of the molecule is Cc1cccc(OCc2nnc(SCc3cc(F)cc4c3OC(c3ccccc3)OC4)o2)c1. The minimum absolute atomic E-state index is 0.172. The van der Waals surface area contributed by atoms with Crippen molar-refractivity contribution in [2.24, 2.45) is 0 Å². The van der Waals surface area contributed by atoms with Gasteiger partial charge in [-0.25, -0.2) is 4.39 Å². The van der Waals surface area contributed by atoms with Gasteiger partial charge in [-0.05, 0) is 36.8 Å². The molecule has 0 saturated heterocycles. The van der Waals surface area contributed by atoms with Gasteiger partial charge in [0, 0.05) is 22.4 Å². The summed E-state index contributed by atoms with van der Waals surface area (Å²) in [5.74, 6) is 1.80. The Balaban J connectivity index is 1.25. The molecule has 0 aliphatic carbocycles. The van der Waals surface area contributed by atoms with Crippen LogP contribution in [0.2, 0.25) is 0 Å². The summed E-state index contributed by atoms with van der Waals surface area (Å²) in [5.41, 5.74) is 3.39. The highest BCUT2D eigenvalue weighted by Gasteiger charge is 2.25. The van der Waals surface area contributed by atoms with Crippen molar-refractivity contribution >= 4 is 11.8 Å². The first-order valence-electron chi connectivity index (χ1n) is 10.4. The van der Waals surface area contributed by atoms with E-state index in [2.05, 4.69) is 10.2 Å². The fourth-order valence-electron chi connectivity index (χ4n) is 3.50. The number of ether oxygens (including phenoxy) is 3. The van der Waals surface area contributed by atoms with Crippen LogP contribution in [0.5, 0.6) is 11.5 Å². The van der Waals surface area contributed by atoms with E-state index in [1.54, 1.807) is 0 Å². The summed E-state index contributed by atoms with van der Waals surface area (Å²) in [7, 11) is 0. The van der Waals surface area contributed by atoms with E-state index in [1.165, 1.54) is 23.9 Å². The third-order valence-electron chi connectivity index (χ3n) is 5.05. The van der Waals surface area contributed by atoms with Gasteiger partial charge in [0.15, 0.2) is 6.61 Å². The largest absolute Gasteiger partial charge is 0.484 e. The van der Waals surface area contributed by atoms with E-state index < -0.39 is 6.29 Å². The molecule has 33 heavy (non-hydrogen) atoms. The van der Waals surface area contributed by atoms with Crippen LogP contribution in [0, 0.1) is 12.7 Å². The molecule has 2 heterocycles. The monoisotopic (exact) mass is 464 g/mol. The summed E-state index contributed by atoms with van der Waals surface area (Å²) in [5, 5.41) is 8.48. The van der Waals surface area contributed by atoms with E-state index >= 15 is 0 Å². The fourth-order valence-corrected chi connectivity index (χ4v) is 4.25. The second-order valence-corrected chi connectivity index (χ2v) is 8.51. The highest BCUT2D eigenvalue weighted by molar-refractivity contribution is 7.98. The Kier molecular flexibility index (Phi) is 6.28. The van der Waals surface area contributed by atoms with Crippen molar-refractivity contribution < 1.29 is 23.0 Å². The number of benzene rings is 3. The number of halogens is 1. The molecule has 0 fully saturated rings. The van der Waals surface area contributed by atoms with Crippen molar-refractivity contribution in [2.75, 3.05) is 0 Å². The molecule has 6 nitrogen and oxygen atoms in total. The van der Waals surface area contributed by atoms with Gasteiger partial charge in [0.05, 0.1) is 6.61 Å². The maximum Gasteiger partial charge on any atom is 0.277 e. The number of rotatable bonds is 7. The Morgan fingerprint density at radius 1 is 1.06 bits per heavy atom. The molecule has 4 aromatic rings. The van der Waals surface area contributed by atoms with Crippen LogP contribution in [0.1, 0.15) is 34.4 Å². The standard InChI is InChI=1S/C25H21FN2O4S/c1-16-6-5-9-21(10-16)29-14-22-27-28-25(31-22)33-15-19-12-20(26)11-18-13-30-24(32-23(18)19)17-7-3-2-4-8-17/h2-12,24H,13-15H2,1H3. The van der Waals surface area contributed by atoms with Gasteiger partial charge in [-0.15, -0.1) is 10.2 Å². The van der Waals surface area contributed by atoms with E-state index in [0.29, 0.717) is 33.7 Å². The van der Waals surface area contributed by atoms with Gasteiger partial charge in [0.25, 0.3) is 11.1 Å². The normalized spacial score (nSPS) is 15.0. The zero-order valence-electron chi connectivity index (χ0n) is 17.9. The lowest BCUT2D eigenvalue weighted by Gasteiger charge is -2.28. The first-order chi connectivity index (χ1) is 16.1. The molecule has 168 valence electrons. The van der Waals surface area contributed by atoms with Gasteiger partial charge in [0.2, 0.25) is 6.29 Å². The van der Waals surface area contributed by atoms with Gasteiger partial charge in [-0.3, -0.25) is 0 Å². The maximum atomic E-state index is 14.2. The highest BCUT2D eigenvalue weighted by Crippen LogP contribution is 2.38. The Morgan fingerprint density at radius 3 is 2.79 bits per heavy atom. The van der Waals surface area contributed by atoms with Crippen LogP contribution in [0.4, 0.5) is 4.39 Å². The molecule has 3 aromatic carbocycles. The molecule has 1 aliphatic rings. The summed E-state index contributed by atoms with van der Waals surface area (Å²) in [6, 6.07) is 20.3. The van der Waals surface area contributed by atoms with Gasteiger partial charge in [-0.1, -0.05) is 54.2 Å². The smallest absolute Gasteiger partial charge is 0.277 e. The van der Waals surface area contributed by atoms with Crippen LogP contribution >= 0.6 is 11.8 Å². The Labute approximate surface area is 194 Å². The second-order valence-electron chi connectivity index (χ2n) is 7.58. The molecular formula is C25H21FN2O4S. The molecule has 0 bridgehead atoms. The molecule has 0 saturated carbocycles. The highest BCUT2D eigenvalue weighted by atomic mass is 32.2. The Hall–Kier alpha value is -3.36. The minimum atomic E-state index is -0.540. The number of fused-ring (bicyclic) bond motifs is 1. The molecule has 1 aromatic heterocycles. The lowest BCUT2D eigenvalue weighted by Crippen LogP contribution is -2.19. The number of thioether (sulfide) groups is 1. The average Bonchev–Trinajstić information content (AvgIpc) is 3.29. The maximum absolute atomic E-state index is 14.2. The molecule has 0 spiro atoms. The molecular weight excluding hydrogens is 443 g/mol. The first-order valence-corrected chi connectivity index (χ1v) is 11.4. The third kappa shape index (κ3) is 5.18. The molecule has 5 rings (SSSR count). The van der Waals surface area contributed by atoms with Gasteiger partial charge in [0.1, 0.15) is 17.3 Å². The van der Waals surface area contributed by atoms with Gasteiger partial charge < -0.3 is 18.6 Å². The summed E-state index contributed by atoms with van der Waals surface area (Å²) in [4.78, 5) is 0. The number of hydrogen-bond acceptors (Lipinski definition) is 7. The summed E-state index contributed by atoms with van der Waals surface area (Å²) in [6.45, 7) is 2.44. The first kappa shape index (κ1) is 21.5. The van der Waals surface area contributed by atoms with E-state index in [1.807, 2.05) is 61.5 Å². The van der Waals surface area contributed by atoms with Crippen molar-refractivity contribution in [3.63, 3.8) is 0 Å². The molecule has 1 unspecified atom stereocenters. The van der Waals surface area contributed by atoms with Crippen LogP contribution in [0.3, 0.4) is 0 Å². The van der Waals surface area contributed by atoms with Gasteiger partial charge in [-0.2, -0.15) is 0 Å². The van der Waals surface area contributed by atoms with E-state index in [9.17, 15) is 4.39 Å². The number of hydrogen-bond donors (Lipinski definition) is 0. The number of nitrogens with zero attached hydrogens (tertiary/aromatic N) is 2. The molecule has 1 atom stereocenters. The Morgan fingerprint density at radius 2 is 1.94 bits per heavy atom. The van der Waals surface area contributed by atoms with Gasteiger partial charge >= 0.3 is 0 Å². The number of aromatic nitrogens is 2. The molecule has 0 amide bonds. The topological polar surface area (TPSA) is 66.6 Å². The van der Waals surface area contributed by atoms with Crippen molar-refractivity contribution in [2.45, 2.75) is 37.4 Å². The second kappa shape index (κ2) is 9.64. The third-order valence-corrected chi connectivity index (χ3v) is 5.91. The minimum Gasteiger partial charge on any atom is -0.484 e. The molecule has 1 aliphatic heterocycles. The lowest BCUT2D eigenvalue weighted by atomic mass is 10.1. The van der Waals surface area contributed by atoms with Crippen molar-refractivity contribution in [3.8, 4) is 11.5 Å². The molecule has 8 heteroatoms. The predicted molar refractivity (Wildman–Crippen MR) is 120 cm³/mol. The van der Waals surface area contributed by atoms with Crippen LogP contribution < -0.4 is 9.47 Å². The van der Waals surface area contributed by atoms with Crippen LogP contribution in [0.25, 0.3) is 0 Å². The fraction of sp³-hybridized carbons (Fsp3) is 0.200. The Bertz CT molecular complexity index is 1250. The van der Waals surface area contributed by atoms with Crippen molar-refractivity contribution in [3.05, 3.63) is 101 Å². The summed E-state index contributed by atoms with van der Waals surface area (Å²) >= 11 is 1.31. The summed E-state index contributed by atoms with van der Waals surface area (Å²) < 4.78 is 37.5. The van der Waals surface area contributed by atoms with Crippen LogP contribution in [-0.4, -0.2) is 10.2 Å². The quantitative estimate of drug-likeness (QED) is 0.311. The molecule has 0 N–H and O–H groups in total. The van der Waals surface area contributed by atoms with E-state index in [-0.39, 0.29) is 19.0 Å². The number of aryl methyl sites for hydroxylation is 1. The zero-order valence-corrected chi connectivity index (χ0v) is 18.7. The van der Waals surface area contributed by atoms with E-state index in [4.69, 9.17) is 18.6 Å². The lowest BCUT2D eigenvalue weighted by molar-refractivity contribution is -0.112. The van der Waals surface area contributed by atoms with E-state index in [0.717, 1.165) is 16.9 Å². The van der Waals surface area contributed by atoms with Crippen molar-refractivity contribution in [1.29, 1.82) is 0 Å².